The van der Waals surface area contributed by atoms with Gasteiger partial charge in [-0.05, 0) is 30.5 Å². The number of nitrogens with one attached hydrogen (secondary N) is 1. The fraction of sp³-hybridized carbons (Fsp3) is 0.571. The van der Waals surface area contributed by atoms with E-state index in [-0.39, 0.29) is 5.92 Å². The predicted molar refractivity (Wildman–Crippen MR) is 85.5 cm³/mol. The largest absolute Gasteiger partial charge is 0.381 e. The highest BCUT2D eigenvalue weighted by Crippen LogP contribution is 2.28. The fourth-order valence-electron chi connectivity index (χ4n) is 2.65. The van der Waals surface area contributed by atoms with Crippen LogP contribution in [0.4, 0.5) is 0 Å². The van der Waals surface area contributed by atoms with Gasteiger partial charge in [0, 0.05) is 19.1 Å². The van der Waals surface area contributed by atoms with Crippen molar-refractivity contribution < 1.29 is 13.2 Å². The van der Waals surface area contributed by atoms with Crippen LogP contribution in [0.25, 0.3) is 0 Å². The maximum absolute atomic E-state index is 12.3. The summed E-state index contributed by atoms with van der Waals surface area (Å²) in [6, 6.07) is 5.39. The maximum atomic E-state index is 12.3. The molecule has 1 aliphatic rings. The molecule has 0 unspecified atom stereocenters. The number of halogens is 2. The summed E-state index contributed by atoms with van der Waals surface area (Å²) in [6.07, 6.45) is 1.12. The smallest absolute Gasteiger partial charge is 0.214 e. The molecule has 21 heavy (non-hydrogen) atoms. The molecule has 1 aromatic rings. The summed E-state index contributed by atoms with van der Waals surface area (Å²) in [5.74, 6) is -0.0833. The fourth-order valence-corrected chi connectivity index (χ4v) is 4.68. The zero-order valence-electron chi connectivity index (χ0n) is 11.8. The molecule has 118 valence electrons. The van der Waals surface area contributed by atoms with Crippen LogP contribution in [-0.2, 0) is 21.2 Å². The Hall–Kier alpha value is -0.330. The van der Waals surface area contributed by atoms with Crippen molar-refractivity contribution in [3.8, 4) is 0 Å². The lowest BCUT2D eigenvalue weighted by Gasteiger charge is -2.31. The van der Waals surface area contributed by atoms with Crippen LogP contribution in [0.3, 0.4) is 0 Å². The molecule has 0 amide bonds. The van der Waals surface area contributed by atoms with Crippen LogP contribution in [0.1, 0.15) is 18.9 Å². The minimum Gasteiger partial charge on any atom is -0.381 e. The van der Waals surface area contributed by atoms with Gasteiger partial charge in [0.15, 0.2) is 0 Å². The molecule has 1 aliphatic heterocycles. The maximum Gasteiger partial charge on any atom is 0.214 e. The molecule has 2 rings (SSSR count). The minimum absolute atomic E-state index is 0.0833. The van der Waals surface area contributed by atoms with E-state index in [2.05, 4.69) is 4.72 Å². The molecule has 0 aliphatic carbocycles. The van der Waals surface area contributed by atoms with E-state index >= 15 is 0 Å². The molecule has 0 bridgehead atoms. The predicted octanol–water partition coefficient (Wildman–Crippen LogP) is 2.88. The molecular weight excluding hydrogens is 333 g/mol. The van der Waals surface area contributed by atoms with Crippen LogP contribution in [0.5, 0.6) is 0 Å². The highest BCUT2D eigenvalue weighted by Gasteiger charge is 2.35. The number of benzene rings is 1. The van der Waals surface area contributed by atoms with Gasteiger partial charge in [-0.3, -0.25) is 0 Å². The first kappa shape index (κ1) is 17.0. The Labute approximate surface area is 135 Å². The van der Waals surface area contributed by atoms with Gasteiger partial charge in [-0.15, -0.1) is 0 Å². The Kier molecular flexibility index (Phi) is 5.91. The van der Waals surface area contributed by atoms with Crippen LogP contribution in [0.15, 0.2) is 18.2 Å². The highest BCUT2D eigenvalue weighted by molar-refractivity contribution is 7.90. The quantitative estimate of drug-likeness (QED) is 0.887. The van der Waals surface area contributed by atoms with E-state index in [1.807, 2.05) is 6.07 Å². The molecule has 0 aromatic heterocycles. The third-order valence-electron chi connectivity index (χ3n) is 3.63. The lowest BCUT2D eigenvalue weighted by molar-refractivity contribution is 0.0570. The van der Waals surface area contributed by atoms with Gasteiger partial charge in [-0.2, -0.15) is 0 Å². The molecule has 1 saturated heterocycles. The van der Waals surface area contributed by atoms with Gasteiger partial charge in [0.1, 0.15) is 0 Å². The SMILES string of the molecule is CCNS(=O)(=O)[C@@H]1CCOC[C@H]1Cc1ccc(Cl)c(Cl)c1. The van der Waals surface area contributed by atoms with Crippen LogP contribution in [0, 0.1) is 5.92 Å². The molecule has 2 atom stereocenters. The van der Waals surface area contributed by atoms with Crippen molar-refractivity contribution in [3.63, 3.8) is 0 Å². The molecular formula is C14H19Cl2NO3S. The number of ether oxygens (including phenoxy) is 1. The second-order valence-corrected chi connectivity index (χ2v) is 7.96. The third kappa shape index (κ3) is 4.33. The lowest BCUT2D eigenvalue weighted by Crippen LogP contribution is -2.44. The number of hydrogen-bond donors (Lipinski definition) is 1. The molecule has 1 N–H and O–H groups in total. The molecule has 0 radical (unpaired) electrons. The number of hydrogen-bond acceptors (Lipinski definition) is 3. The summed E-state index contributed by atoms with van der Waals surface area (Å²) < 4.78 is 32.6. The van der Waals surface area contributed by atoms with E-state index in [0.29, 0.717) is 42.6 Å². The summed E-state index contributed by atoms with van der Waals surface area (Å²) in [7, 11) is -3.31. The minimum atomic E-state index is -3.31. The molecule has 0 spiro atoms. The molecule has 7 heteroatoms. The van der Waals surface area contributed by atoms with E-state index in [1.165, 1.54) is 0 Å². The van der Waals surface area contributed by atoms with Crippen LogP contribution < -0.4 is 4.72 Å². The van der Waals surface area contributed by atoms with Crippen LogP contribution in [-0.4, -0.2) is 33.4 Å². The normalized spacial score (nSPS) is 23.2. The summed E-state index contributed by atoms with van der Waals surface area (Å²) in [4.78, 5) is 0. The van der Waals surface area contributed by atoms with Gasteiger partial charge < -0.3 is 4.74 Å². The number of rotatable bonds is 5. The summed E-state index contributed by atoms with van der Waals surface area (Å²) in [5, 5.41) is 0.551. The molecule has 1 heterocycles. The first-order valence-electron chi connectivity index (χ1n) is 6.94. The summed E-state index contributed by atoms with van der Waals surface area (Å²) in [5.41, 5.74) is 0.969. The average molecular weight is 352 g/mol. The second-order valence-electron chi connectivity index (χ2n) is 5.16. The van der Waals surface area contributed by atoms with E-state index in [1.54, 1.807) is 19.1 Å². The highest BCUT2D eigenvalue weighted by atomic mass is 35.5. The van der Waals surface area contributed by atoms with Gasteiger partial charge in [0.2, 0.25) is 10.0 Å². The van der Waals surface area contributed by atoms with Crippen molar-refractivity contribution in [1.82, 2.24) is 4.72 Å². The first-order valence-corrected chi connectivity index (χ1v) is 9.24. The van der Waals surface area contributed by atoms with E-state index in [4.69, 9.17) is 27.9 Å². The van der Waals surface area contributed by atoms with Crippen LogP contribution >= 0.6 is 23.2 Å². The molecule has 0 saturated carbocycles. The second kappa shape index (κ2) is 7.29. The zero-order valence-corrected chi connectivity index (χ0v) is 14.1. The van der Waals surface area contributed by atoms with Crippen molar-refractivity contribution in [2.75, 3.05) is 19.8 Å². The monoisotopic (exact) mass is 351 g/mol. The van der Waals surface area contributed by atoms with Gasteiger partial charge >= 0.3 is 0 Å². The summed E-state index contributed by atoms with van der Waals surface area (Å²) >= 11 is 11.9. The Morgan fingerprint density at radius 1 is 1.33 bits per heavy atom. The molecule has 1 fully saturated rings. The average Bonchev–Trinajstić information content (AvgIpc) is 2.43. The van der Waals surface area contributed by atoms with Crippen molar-refractivity contribution in [1.29, 1.82) is 0 Å². The topological polar surface area (TPSA) is 55.4 Å². The van der Waals surface area contributed by atoms with Gasteiger partial charge in [0.05, 0.1) is 21.9 Å². The first-order chi connectivity index (χ1) is 9.94. The zero-order chi connectivity index (χ0) is 15.5. The van der Waals surface area contributed by atoms with E-state index < -0.39 is 15.3 Å². The van der Waals surface area contributed by atoms with Crippen LogP contribution in [0.2, 0.25) is 10.0 Å². The Balaban J connectivity index is 2.17. The van der Waals surface area contributed by atoms with Gasteiger partial charge in [0.25, 0.3) is 0 Å². The summed E-state index contributed by atoms with van der Waals surface area (Å²) in [6.45, 7) is 3.10. The standard InChI is InChI=1S/C14H19Cl2NO3S/c1-2-17-21(18,19)14-5-6-20-9-11(14)7-10-3-4-12(15)13(16)8-10/h3-4,8,11,14,17H,2,5-7,9H2,1H3/t11-,14-/m1/s1. The van der Waals surface area contributed by atoms with E-state index in [9.17, 15) is 8.42 Å². The van der Waals surface area contributed by atoms with Crippen molar-refractivity contribution in [2.45, 2.75) is 25.0 Å². The third-order valence-corrected chi connectivity index (χ3v) is 6.48. The van der Waals surface area contributed by atoms with E-state index in [0.717, 1.165) is 5.56 Å². The Morgan fingerprint density at radius 3 is 2.76 bits per heavy atom. The van der Waals surface area contributed by atoms with Crippen molar-refractivity contribution in [2.24, 2.45) is 5.92 Å². The van der Waals surface area contributed by atoms with Crippen molar-refractivity contribution >= 4 is 33.2 Å². The van der Waals surface area contributed by atoms with Crippen molar-refractivity contribution in [3.05, 3.63) is 33.8 Å². The lowest BCUT2D eigenvalue weighted by atomic mass is 9.93. The Morgan fingerprint density at radius 2 is 2.10 bits per heavy atom. The Bertz CT molecular complexity index is 592. The molecule has 4 nitrogen and oxygen atoms in total. The molecule has 1 aromatic carbocycles. The number of sulfonamides is 1. The van der Waals surface area contributed by atoms with Gasteiger partial charge in [-0.1, -0.05) is 36.2 Å². The van der Waals surface area contributed by atoms with Gasteiger partial charge in [-0.25, -0.2) is 13.1 Å².